The van der Waals surface area contributed by atoms with E-state index in [0.29, 0.717) is 17.5 Å². The van der Waals surface area contributed by atoms with Crippen LogP contribution < -0.4 is 10.5 Å². The normalized spacial score (nSPS) is 26.2. The number of aryl methyl sites for hydroxylation is 1. The molecule has 1 aromatic rings. The van der Waals surface area contributed by atoms with E-state index in [1.54, 1.807) is 6.07 Å². The van der Waals surface area contributed by atoms with Crippen LogP contribution in [-0.4, -0.2) is 14.5 Å². The van der Waals surface area contributed by atoms with Gasteiger partial charge in [0.25, 0.3) is 0 Å². The first-order valence-electron chi connectivity index (χ1n) is 7.66. The van der Waals surface area contributed by atoms with Crippen LogP contribution in [0.5, 0.6) is 0 Å². The monoisotopic (exact) mass is 310 g/mol. The van der Waals surface area contributed by atoms with Gasteiger partial charge in [-0.25, -0.2) is 13.1 Å². The highest BCUT2D eigenvalue weighted by Crippen LogP contribution is 2.35. The Morgan fingerprint density at radius 1 is 1.29 bits per heavy atom. The number of anilines is 1. The highest BCUT2D eigenvalue weighted by atomic mass is 32.2. The minimum Gasteiger partial charge on any atom is -0.398 e. The van der Waals surface area contributed by atoms with E-state index in [2.05, 4.69) is 18.6 Å². The first-order chi connectivity index (χ1) is 9.77. The summed E-state index contributed by atoms with van der Waals surface area (Å²) >= 11 is 0. The number of benzene rings is 1. The molecule has 3 atom stereocenters. The number of nitrogen functional groups attached to an aromatic ring is 1. The quantitative estimate of drug-likeness (QED) is 0.840. The highest BCUT2D eigenvalue weighted by molar-refractivity contribution is 7.89. The van der Waals surface area contributed by atoms with Crippen molar-refractivity contribution in [2.24, 2.45) is 11.8 Å². The lowest BCUT2D eigenvalue weighted by atomic mass is 9.94. The maximum Gasteiger partial charge on any atom is 0.243 e. The SMILES string of the molecule is CCC1CCC(NS(=O)(=O)c2c(N)ccc(C)c2C)C1C. The molecule has 0 heterocycles. The van der Waals surface area contributed by atoms with E-state index in [-0.39, 0.29) is 10.9 Å². The molecular weight excluding hydrogens is 284 g/mol. The third-order valence-electron chi connectivity index (χ3n) is 5.03. The maximum atomic E-state index is 12.7. The van der Waals surface area contributed by atoms with E-state index in [1.807, 2.05) is 19.9 Å². The van der Waals surface area contributed by atoms with Crippen LogP contribution in [0, 0.1) is 25.7 Å². The van der Waals surface area contributed by atoms with Crippen molar-refractivity contribution in [3.63, 3.8) is 0 Å². The topological polar surface area (TPSA) is 72.2 Å². The second kappa shape index (κ2) is 5.97. The van der Waals surface area contributed by atoms with Crippen molar-refractivity contribution in [1.82, 2.24) is 4.72 Å². The molecule has 1 aliphatic rings. The van der Waals surface area contributed by atoms with Gasteiger partial charge in [0.1, 0.15) is 4.90 Å². The molecule has 5 heteroatoms. The van der Waals surface area contributed by atoms with Crippen molar-refractivity contribution < 1.29 is 8.42 Å². The predicted molar refractivity (Wildman–Crippen MR) is 86.6 cm³/mol. The average molecular weight is 310 g/mol. The van der Waals surface area contributed by atoms with Crippen LogP contribution in [-0.2, 0) is 10.0 Å². The van der Waals surface area contributed by atoms with Crippen LogP contribution in [0.1, 0.15) is 44.2 Å². The molecule has 21 heavy (non-hydrogen) atoms. The summed E-state index contributed by atoms with van der Waals surface area (Å²) in [6.45, 7) is 8.02. The van der Waals surface area contributed by atoms with Crippen molar-refractivity contribution in [3.05, 3.63) is 23.3 Å². The van der Waals surface area contributed by atoms with Crippen LogP contribution >= 0.6 is 0 Å². The molecule has 2 rings (SSSR count). The molecular formula is C16H26N2O2S. The van der Waals surface area contributed by atoms with Gasteiger partial charge in [0.05, 0.1) is 5.69 Å². The third-order valence-corrected chi connectivity index (χ3v) is 6.73. The molecule has 0 radical (unpaired) electrons. The second-order valence-corrected chi connectivity index (χ2v) is 7.91. The van der Waals surface area contributed by atoms with Gasteiger partial charge in [-0.2, -0.15) is 0 Å². The number of sulfonamides is 1. The first kappa shape index (κ1) is 16.3. The van der Waals surface area contributed by atoms with Gasteiger partial charge in [0.2, 0.25) is 10.0 Å². The zero-order chi connectivity index (χ0) is 15.8. The number of hydrogen-bond donors (Lipinski definition) is 2. The number of hydrogen-bond acceptors (Lipinski definition) is 3. The molecule has 1 saturated carbocycles. The van der Waals surface area contributed by atoms with Crippen molar-refractivity contribution >= 4 is 15.7 Å². The van der Waals surface area contributed by atoms with Crippen LogP contribution in [0.15, 0.2) is 17.0 Å². The Balaban J connectivity index is 2.30. The van der Waals surface area contributed by atoms with Gasteiger partial charge < -0.3 is 5.73 Å². The molecule has 3 unspecified atom stereocenters. The molecule has 0 spiro atoms. The van der Waals surface area contributed by atoms with Crippen LogP contribution in [0.2, 0.25) is 0 Å². The minimum absolute atomic E-state index is 0.0132. The van der Waals surface area contributed by atoms with Crippen LogP contribution in [0.3, 0.4) is 0 Å². The Morgan fingerprint density at radius 3 is 2.52 bits per heavy atom. The Kier molecular flexibility index (Phi) is 4.63. The smallest absolute Gasteiger partial charge is 0.243 e. The van der Waals surface area contributed by atoms with Crippen molar-refractivity contribution in [2.45, 2.75) is 57.9 Å². The fourth-order valence-electron chi connectivity index (χ4n) is 3.42. The molecule has 1 aromatic carbocycles. The number of nitrogens with one attached hydrogen (secondary N) is 1. The molecule has 1 fully saturated rings. The fraction of sp³-hybridized carbons (Fsp3) is 0.625. The number of rotatable bonds is 4. The minimum atomic E-state index is -3.57. The average Bonchev–Trinajstić information content (AvgIpc) is 2.74. The van der Waals surface area contributed by atoms with E-state index in [4.69, 9.17) is 5.73 Å². The van der Waals surface area contributed by atoms with E-state index >= 15 is 0 Å². The maximum absolute atomic E-state index is 12.7. The highest BCUT2D eigenvalue weighted by Gasteiger charge is 2.35. The molecule has 0 aliphatic heterocycles. The summed E-state index contributed by atoms with van der Waals surface area (Å²) in [5.41, 5.74) is 7.92. The predicted octanol–water partition coefficient (Wildman–Crippen LogP) is 2.99. The summed E-state index contributed by atoms with van der Waals surface area (Å²) in [5.74, 6) is 0.977. The van der Waals surface area contributed by atoms with E-state index < -0.39 is 10.0 Å². The molecule has 118 valence electrons. The lowest BCUT2D eigenvalue weighted by Crippen LogP contribution is -2.38. The Labute approximate surface area is 128 Å². The van der Waals surface area contributed by atoms with Gasteiger partial charge in [-0.15, -0.1) is 0 Å². The van der Waals surface area contributed by atoms with Crippen molar-refractivity contribution in [2.75, 3.05) is 5.73 Å². The molecule has 4 nitrogen and oxygen atoms in total. The van der Waals surface area contributed by atoms with Gasteiger partial charge >= 0.3 is 0 Å². The number of nitrogens with two attached hydrogens (primary N) is 1. The van der Waals surface area contributed by atoms with Crippen LogP contribution in [0.4, 0.5) is 5.69 Å². The van der Waals surface area contributed by atoms with Gasteiger partial charge in [-0.05, 0) is 55.7 Å². The van der Waals surface area contributed by atoms with E-state index in [1.165, 1.54) is 0 Å². The third kappa shape index (κ3) is 3.09. The molecule has 3 N–H and O–H groups in total. The largest absolute Gasteiger partial charge is 0.398 e. The summed E-state index contributed by atoms with van der Waals surface area (Å²) in [7, 11) is -3.57. The van der Waals surface area contributed by atoms with Crippen molar-refractivity contribution in [1.29, 1.82) is 0 Å². The van der Waals surface area contributed by atoms with Gasteiger partial charge in [0, 0.05) is 6.04 Å². The Bertz CT molecular complexity index is 625. The fourth-order valence-corrected chi connectivity index (χ4v) is 5.21. The Morgan fingerprint density at radius 2 is 1.95 bits per heavy atom. The lowest BCUT2D eigenvalue weighted by molar-refractivity contribution is 0.368. The van der Waals surface area contributed by atoms with Gasteiger partial charge in [-0.3, -0.25) is 0 Å². The molecule has 0 saturated heterocycles. The van der Waals surface area contributed by atoms with E-state index in [0.717, 1.165) is 30.4 Å². The summed E-state index contributed by atoms with van der Waals surface area (Å²) in [6.07, 6.45) is 3.10. The van der Waals surface area contributed by atoms with E-state index in [9.17, 15) is 8.42 Å². The molecule has 0 aromatic heterocycles. The van der Waals surface area contributed by atoms with Gasteiger partial charge in [-0.1, -0.05) is 26.3 Å². The summed E-state index contributed by atoms with van der Waals surface area (Å²) in [6, 6.07) is 3.54. The summed E-state index contributed by atoms with van der Waals surface area (Å²) < 4.78 is 28.3. The molecule has 1 aliphatic carbocycles. The molecule has 0 bridgehead atoms. The van der Waals surface area contributed by atoms with Gasteiger partial charge in [0.15, 0.2) is 0 Å². The second-order valence-electron chi connectivity index (χ2n) is 6.26. The molecule has 0 amide bonds. The summed E-state index contributed by atoms with van der Waals surface area (Å²) in [4.78, 5) is 0.245. The summed E-state index contributed by atoms with van der Waals surface area (Å²) in [5, 5.41) is 0. The van der Waals surface area contributed by atoms with Crippen molar-refractivity contribution in [3.8, 4) is 0 Å². The standard InChI is InChI=1S/C16H26N2O2S/c1-5-13-7-9-15(12(13)4)18-21(19,20)16-11(3)10(2)6-8-14(16)17/h6,8,12-13,15,18H,5,7,9,17H2,1-4H3. The zero-order valence-electron chi connectivity index (χ0n) is 13.3. The Hall–Kier alpha value is -1.07. The zero-order valence-corrected chi connectivity index (χ0v) is 14.1. The first-order valence-corrected chi connectivity index (χ1v) is 9.14. The van der Waals surface area contributed by atoms with Crippen LogP contribution in [0.25, 0.3) is 0 Å². The lowest BCUT2D eigenvalue weighted by Gasteiger charge is -2.22.